The van der Waals surface area contributed by atoms with Gasteiger partial charge in [-0.2, -0.15) is 0 Å². The van der Waals surface area contributed by atoms with Gasteiger partial charge >= 0.3 is 0 Å². The molecule has 1 heterocycles. The first kappa shape index (κ1) is 28.5. The molecule has 0 spiro atoms. The van der Waals surface area contributed by atoms with Crippen LogP contribution >= 0.6 is 11.8 Å². The van der Waals surface area contributed by atoms with Gasteiger partial charge in [-0.15, -0.1) is 10.2 Å². The summed E-state index contributed by atoms with van der Waals surface area (Å²) in [6.45, 7) is 2.19. The number of aromatic nitrogens is 3. The number of unbranched alkanes of at least 4 members (excludes halogenated alkanes) is 1. The molecule has 1 aliphatic rings. The van der Waals surface area contributed by atoms with Gasteiger partial charge in [0.2, 0.25) is 11.7 Å². The van der Waals surface area contributed by atoms with Gasteiger partial charge in [0.1, 0.15) is 0 Å². The van der Waals surface area contributed by atoms with Gasteiger partial charge in [-0.05, 0) is 66.6 Å². The van der Waals surface area contributed by atoms with Crippen LogP contribution in [-0.2, 0) is 24.1 Å². The lowest BCUT2D eigenvalue weighted by Gasteiger charge is -2.16. The smallest absolute Gasteiger partial charge is 0.230 e. The van der Waals surface area contributed by atoms with Crippen molar-refractivity contribution < 1.29 is 19.0 Å². The molecule has 0 bridgehead atoms. The molecular weight excluding hydrogens is 536 g/mol. The monoisotopic (exact) mass is 572 g/mol. The first-order chi connectivity index (χ1) is 20.0. The van der Waals surface area contributed by atoms with Crippen molar-refractivity contribution >= 4 is 17.7 Å². The third kappa shape index (κ3) is 6.35. The second-order valence-corrected chi connectivity index (χ2v) is 11.0. The van der Waals surface area contributed by atoms with Crippen molar-refractivity contribution in [2.24, 2.45) is 0 Å². The quantitative estimate of drug-likeness (QED) is 0.219. The average molecular weight is 573 g/mol. The second kappa shape index (κ2) is 13.1. The van der Waals surface area contributed by atoms with Crippen LogP contribution in [0.15, 0.2) is 65.8 Å². The molecule has 0 unspecified atom stereocenters. The zero-order valence-corrected chi connectivity index (χ0v) is 24.8. The largest absolute Gasteiger partial charge is 0.493 e. The Morgan fingerprint density at radius 1 is 0.951 bits per heavy atom. The maximum atomic E-state index is 13.0. The topological polar surface area (TPSA) is 87.5 Å². The lowest BCUT2D eigenvalue weighted by molar-refractivity contribution is -0.119. The number of carbonyl (C=O) groups excluding carboxylic acids is 1. The molecule has 0 radical (unpaired) electrons. The number of thioether (sulfide) groups is 1. The van der Waals surface area contributed by atoms with E-state index < -0.39 is 0 Å². The minimum absolute atomic E-state index is 0.0217. The summed E-state index contributed by atoms with van der Waals surface area (Å²) < 4.78 is 18.7. The van der Waals surface area contributed by atoms with Crippen LogP contribution in [0.1, 0.15) is 36.5 Å². The van der Waals surface area contributed by atoms with Crippen molar-refractivity contribution in [3.05, 3.63) is 77.4 Å². The number of nitrogens with one attached hydrogen (secondary N) is 1. The molecule has 0 aliphatic heterocycles. The third-order valence-corrected chi connectivity index (χ3v) is 8.25. The van der Waals surface area contributed by atoms with E-state index in [-0.39, 0.29) is 17.7 Å². The summed E-state index contributed by atoms with van der Waals surface area (Å²) in [5.41, 5.74) is 5.56. The molecule has 1 aliphatic carbocycles. The van der Waals surface area contributed by atoms with Gasteiger partial charge < -0.3 is 19.5 Å². The van der Waals surface area contributed by atoms with Crippen LogP contribution in [-0.4, -0.2) is 53.8 Å². The van der Waals surface area contributed by atoms with Crippen molar-refractivity contribution in [1.29, 1.82) is 0 Å². The predicted molar refractivity (Wildman–Crippen MR) is 162 cm³/mol. The number of amides is 1. The Labute approximate surface area is 245 Å². The highest BCUT2D eigenvalue weighted by Crippen LogP contribution is 2.41. The predicted octanol–water partition coefficient (Wildman–Crippen LogP) is 5.68. The number of hydrogen-bond acceptors (Lipinski definition) is 7. The molecule has 1 aromatic heterocycles. The van der Waals surface area contributed by atoms with E-state index in [1.807, 2.05) is 28.8 Å². The van der Waals surface area contributed by atoms with Gasteiger partial charge in [-0.25, -0.2) is 0 Å². The molecule has 1 N–H and O–H groups in total. The summed E-state index contributed by atoms with van der Waals surface area (Å²) in [7, 11) is 4.75. The van der Waals surface area contributed by atoms with Crippen molar-refractivity contribution in [1.82, 2.24) is 20.1 Å². The zero-order valence-electron chi connectivity index (χ0n) is 24.0. The Morgan fingerprint density at radius 3 is 2.20 bits per heavy atom. The van der Waals surface area contributed by atoms with E-state index in [9.17, 15) is 4.79 Å². The molecular formula is C32H36N4O4S. The van der Waals surface area contributed by atoms with E-state index >= 15 is 0 Å². The average Bonchev–Trinajstić information content (AvgIpc) is 3.62. The number of rotatable bonds is 12. The Hall–Kier alpha value is -3.98. The first-order valence-electron chi connectivity index (χ1n) is 13.9. The highest BCUT2D eigenvalue weighted by atomic mass is 32.2. The van der Waals surface area contributed by atoms with Crippen LogP contribution in [0, 0.1) is 0 Å². The fourth-order valence-electron chi connectivity index (χ4n) is 5.25. The van der Waals surface area contributed by atoms with E-state index in [0.717, 1.165) is 43.4 Å². The summed E-state index contributed by atoms with van der Waals surface area (Å²) in [5.74, 6) is 2.38. The van der Waals surface area contributed by atoms with Crippen molar-refractivity contribution in [3.8, 4) is 34.3 Å². The molecule has 0 saturated heterocycles. The van der Waals surface area contributed by atoms with E-state index in [4.69, 9.17) is 14.2 Å². The molecule has 0 saturated carbocycles. The number of hydrogen-bond donors (Lipinski definition) is 1. The number of benzene rings is 3. The summed E-state index contributed by atoms with van der Waals surface area (Å²) >= 11 is 1.37. The van der Waals surface area contributed by atoms with E-state index in [0.29, 0.717) is 28.2 Å². The van der Waals surface area contributed by atoms with Crippen molar-refractivity contribution in [2.45, 2.75) is 50.2 Å². The highest BCUT2D eigenvalue weighted by molar-refractivity contribution is 7.99. The number of carbonyl (C=O) groups is 1. The van der Waals surface area contributed by atoms with Crippen molar-refractivity contribution in [3.63, 3.8) is 0 Å². The Bertz CT molecular complexity index is 1450. The zero-order chi connectivity index (χ0) is 28.8. The van der Waals surface area contributed by atoms with Gasteiger partial charge in [0, 0.05) is 17.3 Å². The van der Waals surface area contributed by atoms with Crippen LogP contribution in [0.5, 0.6) is 17.2 Å². The summed E-state index contributed by atoms with van der Waals surface area (Å²) in [5, 5.41) is 12.9. The van der Waals surface area contributed by atoms with Crippen LogP contribution in [0.2, 0.25) is 0 Å². The van der Waals surface area contributed by atoms with E-state index in [1.165, 1.54) is 28.5 Å². The molecule has 9 heteroatoms. The minimum Gasteiger partial charge on any atom is -0.493 e. The summed E-state index contributed by atoms with van der Waals surface area (Å²) in [6, 6.07) is 20.6. The van der Waals surface area contributed by atoms with Crippen molar-refractivity contribution in [2.75, 3.05) is 27.1 Å². The maximum absolute atomic E-state index is 13.0. The Morgan fingerprint density at radius 2 is 1.61 bits per heavy atom. The fourth-order valence-corrected chi connectivity index (χ4v) is 6.01. The van der Waals surface area contributed by atoms with Crippen LogP contribution in [0.4, 0.5) is 0 Å². The maximum Gasteiger partial charge on any atom is 0.230 e. The lowest BCUT2D eigenvalue weighted by Crippen LogP contribution is -2.36. The second-order valence-electron chi connectivity index (χ2n) is 10.1. The fraction of sp³-hybridized carbons (Fsp3) is 0.344. The molecule has 214 valence electrons. The number of methoxy groups -OCH3 is 3. The van der Waals surface area contributed by atoms with Crippen LogP contribution in [0.3, 0.4) is 0 Å². The molecule has 4 aromatic rings. The summed E-state index contributed by atoms with van der Waals surface area (Å²) in [4.78, 5) is 13.0. The number of aryl methyl sites for hydroxylation is 1. The third-order valence-electron chi connectivity index (χ3n) is 7.32. The molecule has 41 heavy (non-hydrogen) atoms. The lowest BCUT2D eigenvalue weighted by atomic mass is 10.1. The van der Waals surface area contributed by atoms with E-state index in [1.54, 1.807) is 21.3 Å². The van der Waals surface area contributed by atoms with Gasteiger partial charge in [-0.1, -0.05) is 61.5 Å². The first-order valence-corrected chi connectivity index (χ1v) is 14.9. The molecule has 3 aromatic carbocycles. The minimum atomic E-state index is -0.0217. The molecule has 8 nitrogen and oxygen atoms in total. The Balaban J connectivity index is 1.42. The van der Waals surface area contributed by atoms with Gasteiger partial charge in [0.05, 0.1) is 27.1 Å². The Kier molecular flexibility index (Phi) is 9.14. The number of ether oxygens (including phenoxy) is 3. The normalized spacial score (nSPS) is 12.7. The van der Waals surface area contributed by atoms with Crippen LogP contribution < -0.4 is 19.5 Å². The molecule has 5 rings (SSSR count). The van der Waals surface area contributed by atoms with E-state index in [2.05, 4.69) is 58.8 Å². The number of nitrogens with zero attached hydrogens (tertiary/aromatic N) is 3. The standard InChI is InChI=1S/C32H36N4O4S/c1-5-6-9-21-12-14-26(15-13-21)36-31(24-18-27(38-2)30(40-4)28(19-24)39-3)34-35-32(36)41-20-29(37)33-25-16-22-10-7-8-11-23(22)17-25/h7-8,10-15,18-19,25H,5-6,9,16-17,20H2,1-4H3,(H,33,37). The number of fused-ring (bicyclic) bond motifs is 1. The molecule has 1 amide bonds. The molecule has 0 atom stereocenters. The summed E-state index contributed by atoms with van der Waals surface area (Å²) in [6.07, 6.45) is 5.04. The SMILES string of the molecule is CCCCc1ccc(-n2c(SCC(=O)NC3Cc4ccccc4C3)nnc2-c2cc(OC)c(OC)c(OC)c2)cc1. The van der Waals surface area contributed by atoms with Gasteiger partial charge in [0.25, 0.3) is 0 Å². The van der Waals surface area contributed by atoms with Crippen LogP contribution in [0.25, 0.3) is 17.1 Å². The molecule has 0 fully saturated rings. The van der Waals surface area contributed by atoms with Gasteiger partial charge in [-0.3, -0.25) is 9.36 Å². The van der Waals surface area contributed by atoms with Gasteiger partial charge in [0.15, 0.2) is 22.5 Å². The highest BCUT2D eigenvalue weighted by Gasteiger charge is 2.24.